The van der Waals surface area contributed by atoms with Gasteiger partial charge >= 0.3 is 0 Å². The van der Waals surface area contributed by atoms with E-state index < -0.39 is 0 Å². The molecule has 0 atom stereocenters. The Labute approximate surface area is 89.5 Å². The van der Waals surface area contributed by atoms with Crippen molar-refractivity contribution in [3.8, 4) is 0 Å². The molecule has 0 nitrogen and oxygen atoms in total. The fraction of sp³-hybridized carbons (Fsp3) is 0.929. The SMILES string of the molecule is C1CCCC2CCCCCC[C]2CC1. The molecule has 0 aromatic carbocycles. The van der Waals surface area contributed by atoms with Crippen LogP contribution >= 0.6 is 0 Å². The Hall–Kier alpha value is 0. The minimum absolute atomic E-state index is 1.04. The molecule has 0 aliphatic heterocycles. The zero-order chi connectivity index (χ0) is 9.64. The van der Waals surface area contributed by atoms with Gasteiger partial charge < -0.3 is 0 Å². The van der Waals surface area contributed by atoms with Crippen LogP contribution < -0.4 is 0 Å². The molecule has 2 aliphatic rings. The minimum Gasteiger partial charge on any atom is -0.0533 e. The zero-order valence-corrected chi connectivity index (χ0v) is 9.56. The van der Waals surface area contributed by atoms with Gasteiger partial charge in [0.25, 0.3) is 0 Å². The van der Waals surface area contributed by atoms with Crippen LogP contribution in [0.2, 0.25) is 0 Å². The maximum atomic E-state index is 1.96. The Morgan fingerprint density at radius 3 is 1.64 bits per heavy atom. The largest absolute Gasteiger partial charge is 0.0533 e. The highest BCUT2D eigenvalue weighted by molar-refractivity contribution is 4.97. The van der Waals surface area contributed by atoms with E-state index in [0.717, 1.165) is 5.92 Å². The number of rotatable bonds is 0. The second-order valence-corrected chi connectivity index (χ2v) is 5.26. The lowest BCUT2D eigenvalue weighted by Crippen LogP contribution is -2.16. The molecule has 0 N–H and O–H groups in total. The van der Waals surface area contributed by atoms with Gasteiger partial charge in [-0.15, -0.1) is 0 Å². The van der Waals surface area contributed by atoms with Crippen molar-refractivity contribution in [2.75, 3.05) is 0 Å². The summed E-state index contributed by atoms with van der Waals surface area (Å²) in [6.07, 6.45) is 18.0. The van der Waals surface area contributed by atoms with Gasteiger partial charge in [0.1, 0.15) is 0 Å². The van der Waals surface area contributed by atoms with Gasteiger partial charge in [-0.3, -0.25) is 0 Å². The summed E-state index contributed by atoms with van der Waals surface area (Å²) in [6.45, 7) is 0. The van der Waals surface area contributed by atoms with Gasteiger partial charge in [0.2, 0.25) is 0 Å². The first-order valence-corrected chi connectivity index (χ1v) is 6.81. The van der Waals surface area contributed by atoms with E-state index in [0.29, 0.717) is 0 Å². The first kappa shape index (κ1) is 10.5. The number of hydrogen-bond donors (Lipinski definition) is 0. The number of fused-ring (bicyclic) bond motifs is 1. The highest BCUT2D eigenvalue weighted by Gasteiger charge is 2.23. The summed E-state index contributed by atoms with van der Waals surface area (Å²) < 4.78 is 0. The van der Waals surface area contributed by atoms with E-state index in [1.54, 1.807) is 0 Å². The van der Waals surface area contributed by atoms with Crippen LogP contribution in [0.15, 0.2) is 0 Å². The molecule has 2 fully saturated rings. The second-order valence-electron chi connectivity index (χ2n) is 5.26. The Morgan fingerprint density at radius 1 is 0.571 bits per heavy atom. The van der Waals surface area contributed by atoms with Crippen molar-refractivity contribution in [3.05, 3.63) is 5.92 Å². The smallest absolute Gasteiger partial charge is 0.0210 e. The Balaban J connectivity index is 1.89. The first-order chi connectivity index (χ1) is 6.97. The molecule has 2 aliphatic carbocycles. The van der Waals surface area contributed by atoms with E-state index in [4.69, 9.17) is 0 Å². The van der Waals surface area contributed by atoms with E-state index >= 15 is 0 Å². The normalized spacial score (nSPS) is 28.3. The zero-order valence-electron chi connectivity index (χ0n) is 9.56. The molecule has 14 heavy (non-hydrogen) atoms. The summed E-state index contributed by atoms with van der Waals surface area (Å²) in [5.41, 5.74) is 0. The van der Waals surface area contributed by atoms with E-state index in [1.807, 2.05) is 5.92 Å². The molecule has 0 aromatic rings. The molecule has 0 bridgehead atoms. The third-order valence-electron chi connectivity index (χ3n) is 4.18. The third-order valence-corrected chi connectivity index (χ3v) is 4.18. The third kappa shape index (κ3) is 3.00. The maximum absolute atomic E-state index is 1.96. The van der Waals surface area contributed by atoms with Gasteiger partial charge in [0.15, 0.2) is 0 Å². The van der Waals surface area contributed by atoms with Gasteiger partial charge in [0.05, 0.1) is 0 Å². The average molecular weight is 193 g/mol. The summed E-state index contributed by atoms with van der Waals surface area (Å²) in [7, 11) is 0. The molecular weight excluding hydrogens is 168 g/mol. The quantitative estimate of drug-likeness (QED) is 0.514. The lowest BCUT2D eigenvalue weighted by molar-refractivity contribution is 0.339. The summed E-state index contributed by atoms with van der Waals surface area (Å²) in [5.74, 6) is 3.00. The van der Waals surface area contributed by atoms with Crippen LogP contribution in [0.1, 0.15) is 77.0 Å². The predicted octanol–water partition coefficient (Wildman–Crippen LogP) is 4.89. The van der Waals surface area contributed by atoms with Gasteiger partial charge in [-0.25, -0.2) is 0 Å². The standard InChI is InChI=1S/C14H25/c1-2-6-10-14-12-8-4-3-7-11-13(14)9-5-1/h13H,1-12H2. The van der Waals surface area contributed by atoms with Gasteiger partial charge in [-0.1, -0.05) is 51.4 Å². The minimum atomic E-state index is 1.04. The fourth-order valence-corrected chi connectivity index (χ4v) is 3.28. The van der Waals surface area contributed by atoms with Crippen molar-refractivity contribution >= 4 is 0 Å². The summed E-state index contributed by atoms with van der Waals surface area (Å²) in [4.78, 5) is 0. The summed E-state index contributed by atoms with van der Waals surface area (Å²) >= 11 is 0. The molecule has 2 saturated carbocycles. The molecule has 0 heteroatoms. The Kier molecular flexibility index (Phi) is 4.34. The Bertz CT molecular complexity index is 116. The van der Waals surface area contributed by atoms with Crippen molar-refractivity contribution in [3.63, 3.8) is 0 Å². The Morgan fingerprint density at radius 2 is 1.07 bits per heavy atom. The van der Waals surface area contributed by atoms with Crippen LogP contribution in [-0.2, 0) is 0 Å². The number of hydrogen-bond acceptors (Lipinski definition) is 0. The van der Waals surface area contributed by atoms with Crippen LogP contribution in [0, 0.1) is 11.8 Å². The molecule has 1 radical (unpaired) electrons. The molecule has 0 unspecified atom stereocenters. The highest BCUT2D eigenvalue weighted by Crippen LogP contribution is 2.38. The van der Waals surface area contributed by atoms with Crippen LogP contribution in [0.25, 0.3) is 0 Å². The van der Waals surface area contributed by atoms with Crippen LogP contribution in [0.4, 0.5) is 0 Å². The molecular formula is C14H25. The molecule has 0 aromatic heterocycles. The molecule has 0 heterocycles. The lowest BCUT2D eigenvalue weighted by atomic mass is 9.75. The van der Waals surface area contributed by atoms with E-state index in [-0.39, 0.29) is 0 Å². The van der Waals surface area contributed by atoms with Crippen molar-refractivity contribution < 1.29 is 0 Å². The lowest BCUT2D eigenvalue weighted by Gasteiger charge is -2.30. The van der Waals surface area contributed by atoms with Crippen LogP contribution in [0.5, 0.6) is 0 Å². The fourth-order valence-electron chi connectivity index (χ4n) is 3.28. The predicted molar refractivity (Wildman–Crippen MR) is 62.1 cm³/mol. The average Bonchev–Trinajstić information content (AvgIpc) is 2.13. The van der Waals surface area contributed by atoms with E-state index in [1.165, 1.54) is 77.0 Å². The molecule has 0 amide bonds. The maximum Gasteiger partial charge on any atom is -0.0210 e. The van der Waals surface area contributed by atoms with Crippen molar-refractivity contribution in [1.29, 1.82) is 0 Å². The van der Waals surface area contributed by atoms with Gasteiger partial charge in [0, 0.05) is 0 Å². The first-order valence-electron chi connectivity index (χ1n) is 6.81. The molecule has 0 spiro atoms. The van der Waals surface area contributed by atoms with Crippen molar-refractivity contribution in [1.82, 2.24) is 0 Å². The van der Waals surface area contributed by atoms with Crippen LogP contribution in [-0.4, -0.2) is 0 Å². The van der Waals surface area contributed by atoms with E-state index in [9.17, 15) is 0 Å². The summed E-state index contributed by atoms with van der Waals surface area (Å²) in [6, 6.07) is 0. The van der Waals surface area contributed by atoms with Gasteiger partial charge in [-0.05, 0) is 37.5 Å². The topological polar surface area (TPSA) is 0 Å². The van der Waals surface area contributed by atoms with Crippen LogP contribution in [0.3, 0.4) is 0 Å². The van der Waals surface area contributed by atoms with Gasteiger partial charge in [-0.2, -0.15) is 0 Å². The monoisotopic (exact) mass is 193 g/mol. The van der Waals surface area contributed by atoms with E-state index in [2.05, 4.69) is 0 Å². The summed E-state index contributed by atoms with van der Waals surface area (Å²) in [5, 5.41) is 0. The van der Waals surface area contributed by atoms with Crippen molar-refractivity contribution in [2.45, 2.75) is 77.0 Å². The molecule has 0 saturated heterocycles. The molecule has 2 rings (SSSR count). The highest BCUT2D eigenvalue weighted by atomic mass is 14.3. The second kappa shape index (κ2) is 5.78. The molecule has 81 valence electrons. The van der Waals surface area contributed by atoms with Crippen molar-refractivity contribution in [2.24, 2.45) is 5.92 Å².